The van der Waals surface area contributed by atoms with Crippen molar-refractivity contribution in [1.29, 1.82) is 0 Å². The van der Waals surface area contributed by atoms with Crippen LogP contribution in [0, 0.1) is 6.92 Å². The summed E-state index contributed by atoms with van der Waals surface area (Å²) < 4.78 is 1.60. The first-order valence-corrected chi connectivity index (χ1v) is 10.2. The summed E-state index contributed by atoms with van der Waals surface area (Å²) in [5.74, 6) is 0.0253. The summed E-state index contributed by atoms with van der Waals surface area (Å²) in [5.41, 5.74) is 10.3. The molecule has 0 spiro atoms. The molecule has 0 radical (unpaired) electrons. The molecule has 31 heavy (non-hydrogen) atoms. The smallest absolute Gasteiger partial charge is 0.251 e. The van der Waals surface area contributed by atoms with Crippen LogP contribution in [0.5, 0.6) is 0 Å². The van der Waals surface area contributed by atoms with E-state index in [0.717, 1.165) is 22.3 Å². The molecule has 0 bridgehead atoms. The highest BCUT2D eigenvalue weighted by Crippen LogP contribution is 2.24. The van der Waals surface area contributed by atoms with E-state index in [2.05, 4.69) is 15.4 Å². The number of hydrogen-bond donors (Lipinski definition) is 3. The molecule has 2 aromatic heterocycles. The highest BCUT2D eigenvalue weighted by atomic mass is 35.5. The Hall–Kier alpha value is -3.42. The fourth-order valence-corrected chi connectivity index (χ4v) is 3.52. The minimum Gasteiger partial charge on any atom is -0.388 e. The number of aromatic nitrogens is 3. The van der Waals surface area contributed by atoms with E-state index in [1.54, 1.807) is 35.0 Å². The zero-order chi connectivity index (χ0) is 22.0. The van der Waals surface area contributed by atoms with Crippen LogP contribution in [0.2, 0.25) is 5.02 Å². The van der Waals surface area contributed by atoms with Gasteiger partial charge in [-0.05, 0) is 65.9 Å². The van der Waals surface area contributed by atoms with E-state index in [1.165, 1.54) is 0 Å². The molecule has 1 amide bonds. The van der Waals surface area contributed by atoms with Gasteiger partial charge in [0.15, 0.2) is 5.65 Å². The standard InChI is InChI=1S/C23H22ClN5O2/c1-14-2-3-16(17-9-11-29-21(13-17)27-23(25)28-29)12-19(14)22(31)26-10-8-20(30)15-4-6-18(24)7-5-15/h2-7,9,11-13,20,30H,8,10H2,1H3,(H2,25,28)(H,26,31)/t20-/m1/s1. The van der Waals surface area contributed by atoms with Gasteiger partial charge in [-0.3, -0.25) is 4.79 Å². The zero-order valence-corrected chi connectivity index (χ0v) is 17.7. The first-order valence-electron chi connectivity index (χ1n) is 9.85. The maximum atomic E-state index is 12.8. The number of anilines is 1. The summed E-state index contributed by atoms with van der Waals surface area (Å²) >= 11 is 5.88. The van der Waals surface area contributed by atoms with E-state index in [1.807, 2.05) is 37.3 Å². The highest BCUT2D eigenvalue weighted by Gasteiger charge is 2.13. The van der Waals surface area contributed by atoms with Crippen LogP contribution in [0.25, 0.3) is 16.8 Å². The third kappa shape index (κ3) is 4.68. The lowest BCUT2D eigenvalue weighted by molar-refractivity contribution is 0.0942. The molecular weight excluding hydrogens is 414 g/mol. The van der Waals surface area contributed by atoms with Gasteiger partial charge in [0.25, 0.3) is 5.91 Å². The number of amides is 1. The van der Waals surface area contributed by atoms with Crippen LogP contribution in [-0.2, 0) is 0 Å². The molecule has 0 unspecified atom stereocenters. The normalized spacial score (nSPS) is 12.1. The molecule has 158 valence electrons. The number of nitrogen functional groups attached to an aromatic ring is 1. The summed E-state index contributed by atoms with van der Waals surface area (Å²) in [6.45, 7) is 2.24. The van der Waals surface area contributed by atoms with Gasteiger partial charge < -0.3 is 16.2 Å². The molecule has 0 aliphatic carbocycles. The molecule has 0 fully saturated rings. The number of carbonyl (C=O) groups excluding carboxylic acids is 1. The van der Waals surface area contributed by atoms with Crippen molar-refractivity contribution in [2.75, 3.05) is 12.3 Å². The molecule has 4 N–H and O–H groups in total. The number of halogens is 1. The topological polar surface area (TPSA) is 106 Å². The lowest BCUT2D eigenvalue weighted by atomic mass is 9.99. The summed E-state index contributed by atoms with van der Waals surface area (Å²) in [7, 11) is 0. The van der Waals surface area contributed by atoms with Crippen molar-refractivity contribution in [1.82, 2.24) is 19.9 Å². The van der Waals surface area contributed by atoms with Crippen LogP contribution in [0.3, 0.4) is 0 Å². The number of nitrogens with one attached hydrogen (secondary N) is 1. The fourth-order valence-electron chi connectivity index (χ4n) is 3.39. The van der Waals surface area contributed by atoms with Crippen molar-refractivity contribution in [2.45, 2.75) is 19.4 Å². The number of hydrogen-bond acceptors (Lipinski definition) is 5. The van der Waals surface area contributed by atoms with E-state index >= 15 is 0 Å². The van der Waals surface area contributed by atoms with Crippen molar-refractivity contribution >= 4 is 29.1 Å². The number of fused-ring (bicyclic) bond motifs is 1. The minimum atomic E-state index is -0.674. The van der Waals surface area contributed by atoms with Crippen molar-refractivity contribution in [2.24, 2.45) is 0 Å². The van der Waals surface area contributed by atoms with Crippen LogP contribution >= 0.6 is 11.6 Å². The lowest BCUT2D eigenvalue weighted by Crippen LogP contribution is -2.26. The van der Waals surface area contributed by atoms with Crippen molar-refractivity contribution in [3.63, 3.8) is 0 Å². The van der Waals surface area contributed by atoms with E-state index < -0.39 is 6.10 Å². The molecule has 1 atom stereocenters. The number of carbonyl (C=O) groups is 1. The highest BCUT2D eigenvalue weighted by molar-refractivity contribution is 6.30. The van der Waals surface area contributed by atoms with Crippen LogP contribution in [-0.4, -0.2) is 32.2 Å². The Morgan fingerprint density at radius 3 is 2.68 bits per heavy atom. The van der Waals surface area contributed by atoms with Gasteiger partial charge in [0.1, 0.15) is 0 Å². The average Bonchev–Trinajstić information content (AvgIpc) is 3.13. The largest absolute Gasteiger partial charge is 0.388 e. The Kier molecular flexibility index (Phi) is 5.88. The molecule has 2 heterocycles. The second-order valence-corrected chi connectivity index (χ2v) is 7.77. The second-order valence-electron chi connectivity index (χ2n) is 7.33. The predicted octanol–water partition coefficient (Wildman–Crippen LogP) is 3.79. The van der Waals surface area contributed by atoms with E-state index in [-0.39, 0.29) is 11.9 Å². The molecule has 0 saturated carbocycles. The minimum absolute atomic E-state index is 0.185. The Morgan fingerprint density at radius 1 is 1.16 bits per heavy atom. The monoisotopic (exact) mass is 435 g/mol. The summed E-state index contributed by atoms with van der Waals surface area (Å²) in [6, 6.07) is 16.5. The number of benzene rings is 2. The quantitative estimate of drug-likeness (QED) is 0.427. The molecule has 0 aliphatic rings. The number of nitrogens with two attached hydrogens (primary N) is 1. The van der Waals surface area contributed by atoms with E-state index in [4.69, 9.17) is 17.3 Å². The summed E-state index contributed by atoms with van der Waals surface area (Å²) in [6.07, 6.45) is 1.51. The molecule has 4 aromatic rings. The van der Waals surface area contributed by atoms with Gasteiger partial charge in [0, 0.05) is 23.3 Å². The maximum Gasteiger partial charge on any atom is 0.251 e. The first-order chi connectivity index (χ1) is 14.9. The maximum absolute atomic E-state index is 12.8. The molecule has 0 aliphatic heterocycles. The second kappa shape index (κ2) is 8.75. The zero-order valence-electron chi connectivity index (χ0n) is 16.9. The van der Waals surface area contributed by atoms with Gasteiger partial charge in [-0.2, -0.15) is 4.98 Å². The van der Waals surface area contributed by atoms with Gasteiger partial charge in [0.05, 0.1) is 6.10 Å². The number of nitrogens with zero attached hydrogens (tertiary/aromatic N) is 3. The number of aliphatic hydroxyl groups excluding tert-OH is 1. The number of aryl methyl sites for hydroxylation is 1. The number of pyridine rings is 1. The predicted molar refractivity (Wildman–Crippen MR) is 121 cm³/mol. The summed E-state index contributed by atoms with van der Waals surface area (Å²) in [4.78, 5) is 17.0. The van der Waals surface area contributed by atoms with Crippen LogP contribution in [0.15, 0.2) is 60.8 Å². The van der Waals surface area contributed by atoms with E-state index in [9.17, 15) is 9.90 Å². The van der Waals surface area contributed by atoms with Crippen LogP contribution < -0.4 is 11.1 Å². The number of aliphatic hydroxyl groups is 1. The van der Waals surface area contributed by atoms with E-state index in [0.29, 0.717) is 29.2 Å². The van der Waals surface area contributed by atoms with Crippen molar-refractivity contribution < 1.29 is 9.90 Å². The molecule has 7 nitrogen and oxygen atoms in total. The van der Waals surface area contributed by atoms with Gasteiger partial charge in [-0.15, -0.1) is 5.10 Å². The Bertz CT molecular complexity index is 1240. The van der Waals surface area contributed by atoms with Crippen molar-refractivity contribution in [3.8, 4) is 11.1 Å². The molecular formula is C23H22ClN5O2. The van der Waals surface area contributed by atoms with Gasteiger partial charge in [-0.1, -0.05) is 35.9 Å². The van der Waals surface area contributed by atoms with Crippen LogP contribution in [0.1, 0.15) is 34.0 Å². The first kappa shape index (κ1) is 20.8. The molecule has 4 rings (SSSR count). The van der Waals surface area contributed by atoms with Crippen molar-refractivity contribution in [3.05, 3.63) is 82.5 Å². The Balaban J connectivity index is 1.45. The number of rotatable bonds is 6. The third-order valence-electron chi connectivity index (χ3n) is 5.13. The fraction of sp³-hybridized carbons (Fsp3) is 0.174. The van der Waals surface area contributed by atoms with Crippen LogP contribution in [0.4, 0.5) is 5.95 Å². The Labute approximate surface area is 184 Å². The average molecular weight is 436 g/mol. The molecule has 8 heteroatoms. The molecule has 0 saturated heterocycles. The van der Waals surface area contributed by atoms with Gasteiger partial charge in [0.2, 0.25) is 5.95 Å². The van der Waals surface area contributed by atoms with Gasteiger partial charge >= 0.3 is 0 Å². The third-order valence-corrected chi connectivity index (χ3v) is 5.38. The Morgan fingerprint density at radius 2 is 1.90 bits per heavy atom. The van der Waals surface area contributed by atoms with Gasteiger partial charge in [-0.25, -0.2) is 4.52 Å². The lowest BCUT2D eigenvalue weighted by Gasteiger charge is -2.13. The summed E-state index contributed by atoms with van der Waals surface area (Å²) in [5, 5.41) is 17.9. The molecule has 2 aromatic carbocycles. The SMILES string of the molecule is Cc1ccc(-c2ccn3nc(N)nc3c2)cc1C(=O)NCC[C@@H](O)c1ccc(Cl)cc1.